The van der Waals surface area contributed by atoms with Crippen LogP contribution in [0.4, 0.5) is 5.95 Å². The summed E-state index contributed by atoms with van der Waals surface area (Å²) in [4.78, 5) is 18.4. The molecule has 1 fully saturated rings. The van der Waals surface area contributed by atoms with E-state index in [9.17, 15) is 4.79 Å². The van der Waals surface area contributed by atoms with E-state index in [0.29, 0.717) is 35.0 Å². The highest BCUT2D eigenvalue weighted by molar-refractivity contribution is 7.98. The number of hydrogen-bond donors (Lipinski definition) is 1. The van der Waals surface area contributed by atoms with Gasteiger partial charge in [-0.1, -0.05) is 74.0 Å². The van der Waals surface area contributed by atoms with Crippen molar-refractivity contribution in [3.8, 4) is 5.75 Å². The minimum Gasteiger partial charge on any atom is -0.494 e. The van der Waals surface area contributed by atoms with Gasteiger partial charge in [0, 0.05) is 16.5 Å². The molecule has 2 heterocycles. The van der Waals surface area contributed by atoms with E-state index < -0.39 is 6.04 Å². The number of thioether (sulfide) groups is 1. The van der Waals surface area contributed by atoms with Gasteiger partial charge in [0.15, 0.2) is 0 Å². The normalized spacial score (nSPS) is 17.5. The van der Waals surface area contributed by atoms with Crippen LogP contribution >= 0.6 is 23.4 Å². The molecule has 1 N–H and O–H groups in total. The van der Waals surface area contributed by atoms with Gasteiger partial charge >= 0.3 is 5.97 Å². The van der Waals surface area contributed by atoms with Crippen molar-refractivity contribution in [2.24, 2.45) is 5.92 Å². The van der Waals surface area contributed by atoms with E-state index in [-0.39, 0.29) is 12.1 Å². The van der Waals surface area contributed by atoms with Gasteiger partial charge in [-0.3, -0.25) is 0 Å². The van der Waals surface area contributed by atoms with E-state index in [1.165, 1.54) is 18.2 Å². The summed E-state index contributed by atoms with van der Waals surface area (Å²) in [6.45, 7) is 6.94. The number of halogens is 1. The Balaban J connectivity index is 1.42. The summed E-state index contributed by atoms with van der Waals surface area (Å²) in [5, 5.41) is 9.49. The highest BCUT2D eigenvalue weighted by Gasteiger charge is 2.36. The number of nitrogens with zero attached hydrogens (tertiary/aromatic N) is 3. The van der Waals surface area contributed by atoms with Crippen LogP contribution in [-0.4, -0.2) is 33.4 Å². The van der Waals surface area contributed by atoms with Crippen LogP contribution in [0.5, 0.6) is 5.75 Å². The first-order chi connectivity index (χ1) is 19.4. The van der Waals surface area contributed by atoms with Crippen molar-refractivity contribution in [3.05, 3.63) is 76.0 Å². The summed E-state index contributed by atoms with van der Waals surface area (Å²) in [5.41, 5.74) is 3.22. The Morgan fingerprint density at radius 1 is 1.12 bits per heavy atom. The van der Waals surface area contributed by atoms with Gasteiger partial charge in [0.25, 0.3) is 0 Å². The highest BCUT2D eigenvalue weighted by atomic mass is 35.5. The topological polar surface area (TPSA) is 78.3 Å². The first-order valence-electron chi connectivity index (χ1n) is 14.1. The van der Waals surface area contributed by atoms with Gasteiger partial charge in [-0.05, 0) is 74.3 Å². The summed E-state index contributed by atoms with van der Waals surface area (Å²) >= 11 is 7.88. The van der Waals surface area contributed by atoms with Crippen LogP contribution in [-0.2, 0) is 15.3 Å². The van der Waals surface area contributed by atoms with Gasteiger partial charge in [0.05, 0.1) is 12.2 Å². The number of rotatable bonds is 10. The Morgan fingerprint density at radius 3 is 2.60 bits per heavy atom. The molecule has 1 atom stereocenters. The summed E-state index contributed by atoms with van der Waals surface area (Å²) in [7, 11) is 0. The van der Waals surface area contributed by atoms with E-state index in [0.717, 1.165) is 59.7 Å². The average molecular weight is 581 g/mol. The Bertz CT molecular complexity index is 1350. The van der Waals surface area contributed by atoms with Crippen molar-refractivity contribution < 1.29 is 14.3 Å². The molecule has 40 heavy (non-hydrogen) atoms. The van der Waals surface area contributed by atoms with E-state index in [1.54, 1.807) is 4.68 Å². The third-order valence-electron chi connectivity index (χ3n) is 7.35. The quantitative estimate of drug-likeness (QED) is 0.193. The zero-order valence-corrected chi connectivity index (χ0v) is 24.9. The van der Waals surface area contributed by atoms with Gasteiger partial charge in [-0.15, -0.1) is 5.10 Å². The molecule has 5 rings (SSSR count). The zero-order valence-electron chi connectivity index (χ0n) is 23.4. The minimum absolute atomic E-state index is 0.0437. The SMILES string of the molecule is CC1=C(C(=O)OC2CCCCC2)C(c2ccc(OCCC(C)C)cc2)n2nc(SCc3ccccc3Cl)nc2N1. The van der Waals surface area contributed by atoms with Crippen molar-refractivity contribution >= 4 is 35.3 Å². The van der Waals surface area contributed by atoms with E-state index >= 15 is 0 Å². The van der Waals surface area contributed by atoms with Crippen LogP contribution < -0.4 is 10.1 Å². The monoisotopic (exact) mass is 580 g/mol. The largest absolute Gasteiger partial charge is 0.494 e. The van der Waals surface area contributed by atoms with Crippen LogP contribution in [0.3, 0.4) is 0 Å². The van der Waals surface area contributed by atoms with Crippen LogP contribution in [0, 0.1) is 5.92 Å². The Morgan fingerprint density at radius 2 is 1.88 bits per heavy atom. The number of ether oxygens (including phenoxy) is 2. The lowest BCUT2D eigenvalue weighted by atomic mass is 9.95. The van der Waals surface area contributed by atoms with E-state index in [2.05, 4.69) is 19.2 Å². The van der Waals surface area contributed by atoms with Crippen LogP contribution in [0.1, 0.15) is 76.5 Å². The highest BCUT2D eigenvalue weighted by Crippen LogP contribution is 2.38. The maximum Gasteiger partial charge on any atom is 0.338 e. The fraction of sp³-hybridized carbons (Fsp3) is 0.452. The molecule has 1 aliphatic carbocycles. The molecule has 7 nitrogen and oxygen atoms in total. The van der Waals surface area contributed by atoms with Gasteiger partial charge in [0.2, 0.25) is 11.1 Å². The Labute approximate surface area is 245 Å². The molecule has 2 aromatic carbocycles. The molecular formula is C31H37ClN4O3S. The lowest BCUT2D eigenvalue weighted by molar-refractivity contribution is -0.146. The molecule has 9 heteroatoms. The maximum atomic E-state index is 13.7. The van der Waals surface area contributed by atoms with Crippen LogP contribution in [0.25, 0.3) is 0 Å². The number of anilines is 1. The molecule has 0 bridgehead atoms. The number of allylic oxidation sites excluding steroid dienone is 1. The fourth-order valence-electron chi connectivity index (χ4n) is 5.08. The zero-order chi connectivity index (χ0) is 28.1. The van der Waals surface area contributed by atoms with Crippen molar-refractivity contribution in [2.75, 3.05) is 11.9 Å². The second-order valence-electron chi connectivity index (χ2n) is 10.9. The molecule has 2 aliphatic rings. The number of hydrogen-bond acceptors (Lipinski definition) is 7. The summed E-state index contributed by atoms with van der Waals surface area (Å²) in [6.07, 6.45) is 6.16. The van der Waals surface area contributed by atoms with Gasteiger partial charge < -0.3 is 14.8 Å². The van der Waals surface area contributed by atoms with Crippen molar-refractivity contribution in [1.82, 2.24) is 14.8 Å². The van der Waals surface area contributed by atoms with E-state index in [4.69, 9.17) is 31.2 Å². The smallest absolute Gasteiger partial charge is 0.338 e. The molecule has 3 aromatic rings. The summed E-state index contributed by atoms with van der Waals surface area (Å²) < 4.78 is 13.8. The van der Waals surface area contributed by atoms with E-state index in [1.807, 2.05) is 55.5 Å². The third-order valence-corrected chi connectivity index (χ3v) is 8.61. The van der Waals surface area contributed by atoms with Crippen molar-refractivity contribution in [1.29, 1.82) is 0 Å². The predicted octanol–water partition coefficient (Wildman–Crippen LogP) is 7.81. The van der Waals surface area contributed by atoms with Crippen LogP contribution in [0.2, 0.25) is 5.02 Å². The van der Waals surface area contributed by atoms with Crippen LogP contribution in [0.15, 0.2) is 65.0 Å². The first-order valence-corrected chi connectivity index (χ1v) is 15.5. The first kappa shape index (κ1) is 28.6. The molecule has 0 amide bonds. The summed E-state index contributed by atoms with van der Waals surface area (Å²) in [5.74, 6) is 2.32. The molecule has 0 radical (unpaired) electrons. The number of esters is 1. The molecule has 0 spiro atoms. The maximum absolute atomic E-state index is 13.7. The standard InChI is InChI=1S/C31H37ClN4O3S/c1-20(2)17-18-38-24-15-13-22(14-16-24)28-27(29(37)39-25-10-5-4-6-11-25)21(3)33-30-34-31(35-36(28)30)40-19-23-9-7-8-12-26(23)32/h7-9,12-16,20,25,28H,4-6,10-11,17-19H2,1-3H3,(H,33,34,35). The molecule has 1 aromatic heterocycles. The fourth-order valence-corrected chi connectivity index (χ4v) is 6.19. The number of fused-ring (bicyclic) bond motifs is 1. The van der Waals surface area contributed by atoms with Gasteiger partial charge in [-0.25, -0.2) is 9.48 Å². The molecule has 1 aliphatic heterocycles. The Kier molecular flexibility index (Phi) is 9.37. The molecular weight excluding hydrogens is 544 g/mol. The number of carbonyl (C=O) groups is 1. The van der Waals surface area contributed by atoms with Gasteiger partial charge in [0.1, 0.15) is 17.9 Å². The minimum atomic E-state index is -0.473. The number of nitrogens with one attached hydrogen (secondary N) is 1. The molecule has 212 valence electrons. The second kappa shape index (κ2) is 13.1. The number of aromatic nitrogens is 3. The molecule has 0 saturated heterocycles. The lowest BCUT2D eigenvalue weighted by Crippen LogP contribution is -2.32. The number of carbonyl (C=O) groups excluding carboxylic acids is 1. The Hall–Kier alpha value is -2.97. The predicted molar refractivity (Wildman–Crippen MR) is 160 cm³/mol. The third kappa shape index (κ3) is 6.84. The number of benzene rings is 2. The molecule has 1 saturated carbocycles. The average Bonchev–Trinajstić information content (AvgIpc) is 3.35. The van der Waals surface area contributed by atoms with Crippen molar-refractivity contribution in [3.63, 3.8) is 0 Å². The van der Waals surface area contributed by atoms with Crippen molar-refractivity contribution in [2.45, 2.75) is 82.4 Å². The second-order valence-corrected chi connectivity index (χ2v) is 12.2. The van der Waals surface area contributed by atoms with Gasteiger partial charge in [-0.2, -0.15) is 4.98 Å². The lowest BCUT2D eigenvalue weighted by Gasteiger charge is -2.30. The molecule has 1 unspecified atom stereocenters. The summed E-state index contributed by atoms with van der Waals surface area (Å²) in [6, 6.07) is 15.2.